The average molecular weight is 574 g/mol. The lowest BCUT2D eigenvalue weighted by atomic mass is 9.46. The monoisotopic (exact) mass is 573 g/mol. The maximum Gasteiger partial charge on any atom is 0.326 e. The molecule has 0 heterocycles. The number of carboxylic acid groups (broad SMARTS) is 1. The van der Waals surface area contributed by atoms with E-state index in [1.54, 1.807) is 13.0 Å². The van der Waals surface area contributed by atoms with Gasteiger partial charge in [-0.05, 0) is 67.8 Å². The third-order valence-corrected chi connectivity index (χ3v) is 10.5. The molecule has 0 radical (unpaired) electrons. The van der Waals surface area contributed by atoms with E-state index in [2.05, 4.69) is 12.2 Å². The summed E-state index contributed by atoms with van der Waals surface area (Å²) < 4.78 is 5.13. The number of carbonyl (C=O) groups excluding carboxylic acids is 5. The van der Waals surface area contributed by atoms with Gasteiger partial charge in [-0.1, -0.05) is 33.3 Å². The molecule has 4 rings (SSSR count). The van der Waals surface area contributed by atoms with Crippen molar-refractivity contribution in [2.45, 2.75) is 104 Å². The second kappa shape index (κ2) is 11.4. The lowest BCUT2D eigenvalue weighted by molar-refractivity contribution is -0.173. The molecule has 3 N–H and O–H groups in total. The molecule has 3 saturated carbocycles. The van der Waals surface area contributed by atoms with Crippen LogP contribution >= 0.6 is 0 Å². The van der Waals surface area contributed by atoms with Gasteiger partial charge in [0, 0.05) is 30.6 Å². The molecule has 0 bridgehead atoms. The Labute approximate surface area is 240 Å². The summed E-state index contributed by atoms with van der Waals surface area (Å²) in [6.45, 7) is 6.89. The highest BCUT2D eigenvalue weighted by molar-refractivity contribution is 5.95. The number of rotatable bonds is 10. The molecule has 0 saturated heterocycles. The first kappa shape index (κ1) is 31.1. The van der Waals surface area contributed by atoms with Crippen molar-refractivity contribution in [3.05, 3.63) is 11.6 Å². The standard InChI is InChI=1S/C31H43NO9/c1-17(2)13-22(28(38)39)32-25(36)7-8-26(37)41-16-24(35)31(40)12-10-21-20-6-5-18-14-19(33)9-11-29(18,3)27(20)23(34)15-30(21,31)4/h14,17,20-22,27,40H,5-13,15-16H2,1-4H3,(H,32,36)(H,38,39)/t20-,21-,22+,27-,29+,30+,31+/m1/s1. The maximum atomic E-state index is 13.7. The summed E-state index contributed by atoms with van der Waals surface area (Å²) in [5, 5.41) is 23.4. The van der Waals surface area contributed by atoms with E-state index >= 15 is 0 Å². The fraction of sp³-hybridized carbons (Fsp3) is 0.742. The molecule has 226 valence electrons. The lowest BCUT2D eigenvalue weighted by Gasteiger charge is -2.57. The molecule has 10 nitrogen and oxygen atoms in total. The number of ketones is 3. The van der Waals surface area contributed by atoms with Gasteiger partial charge in [-0.2, -0.15) is 0 Å². The van der Waals surface area contributed by atoms with Gasteiger partial charge in [0.1, 0.15) is 17.4 Å². The number of esters is 1. The first-order chi connectivity index (χ1) is 19.1. The van der Waals surface area contributed by atoms with Crippen LogP contribution in [0.1, 0.15) is 91.9 Å². The van der Waals surface area contributed by atoms with E-state index in [-0.39, 0.29) is 72.8 Å². The van der Waals surface area contributed by atoms with Gasteiger partial charge in [0.05, 0.1) is 6.42 Å². The third kappa shape index (κ3) is 5.64. The maximum absolute atomic E-state index is 13.7. The summed E-state index contributed by atoms with van der Waals surface area (Å²) in [6, 6.07) is -1.06. The predicted octanol–water partition coefficient (Wildman–Crippen LogP) is 2.94. The van der Waals surface area contributed by atoms with Crippen LogP contribution in [-0.2, 0) is 33.5 Å². The summed E-state index contributed by atoms with van der Waals surface area (Å²) in [6.07, 6.45) is 4.66. The number of hydrogen-bond acceptors (Lipinski definition) is 8. The zero-order valence-electron chi connectivity index (χ0n) is 24.5. The van der Waals surface area contributed by atoms with Crippen LogP contribution in [0.3, 0.4) is 0 Å². The van der Waals surface area contributed by atoms with Crippen molar-refractivity contribution in [2.75, 3.05) is 6.61 Å². The summed E-state index contributed by atoms with van der Waals surface area (Å²) in [7, 11) is 0. The minimum atomic E-state index is -1.82. The number of fused-ring (bicyclic) bond motifs is 5. The van der Waals surface area contributed by atoms with Gasteiger partial charge in [-0.3, -0.25) is 24.0 Å². The van der Waals surface area contributed by atoms with Crippen molar-refractivity contribution < 1.29 is 43.7 Å². The van der Waals surface area contributed by atoms with Gasteiger partial charge >= 0.3 is 11.9 Å². The van der Waals surface area contributed by atoms with Crippen LogP contribution in [0.15, 0.2) is 11.6 Å². The van der Waals surface area contributed by atoms with E-state index in [0.717, 1.165) is 18.4 Å². The number of aliphatic carboxylic acids is 1. The SMILES string of the molecule is CC(C)C[C@H](NC(=O)CCC(=O)OCC(=O)[C@@]1(O)CC[C@@H]2[C@H]3CCC4=CC(=O)CC[C@]4(C)[C@H]3C(=O)C[C@@]21C)C(=O)O. The van der Waals surface area contributed by atoms with E-state index in [0.29, 0.717) is 19.3 Å². The fourth-order valence-corrected chi connectivity index (χ4v) is 8.36. The van der Waals surface area contributed by atoms with Crippen LogP contribution in [0.4, 0.5) is 0 Å². The number of aliphatic hydroxyl groups is 1. The molecular weight excluding hydrogens is 530 g/mol. The molecule has 1 amide bonds. The number of allylic oxidation sites excluding steroid dienone is 1. The Balaban J connectivity index is 1.36. The molecule has 0 spiro atoms. The molecule has 0 aromatic rings. The highest BCUT2D eigenvalue weighted by Crippen LogP contribution is 2.66. The Kier molecular flexibility index (Phi) is 8.65. The van der Waals surface area contributed by atoms with Crippen molar-refractivity contribution in [3.63, 3.8) is 0 Å². The first-order valence-electron chi connectivity index (χ1n) is 14.8. The smallest absolute Gasteiger partial charge is 0.326 e. The molecule has 41 heavy (non-hydrogen) atoms. The molecule has 7 atom stereocenters. The van der Waals surface area contributed by atoms with Crippen LogP contribution < -0.4 is 5.32 Å². The Morgan fingerprint density at radius 1 is 1.07 bits per heavy atom. The molecule has 0 aromatic heterocycles. The van der Waals surface area contributed by atoms with Crippen LogP contribution in [0, 0.1) is 34.5 Å². The molecular formula is C31H43NO9. The Morgan fingerprint density at radius 3 is 2.44 bits per heavy atom. The van der Waals surface area contributed by atoms with Gasteiger partial charge in [0.15, 0.2) is 12.4 Å². The molecule has 10 heteroatoms. The van der Waals surface area contributed by atoms with Crippen molar-refractivity contribution >= 4 is 35.2 Å². The zero-order chi connectivity index (χ0) is 30.3. The molecule has 0 aliphatic heterocycles. The minimum Gasteiger partial charge on any atom is -0.480 e. The van der Waals surface area contributed by atoms with Crippen LogP contribution in [-0.4, -0.2) is 63.7 Å². The lowest BCUT2D eigenvalue weighted by Crippen LogP contribution is -2.61. The third-order valence-electron chi connectivity index (χ3n) is 10.5. The number of amides is 1. The fourth-order valence-electron chi connectivity index (χ4n) is 8.36. The van der Waals surface area contributed by atoms with Crippen molar-refractivity contribution in [1.82, 2.24) is 5.32 Å². The molecule has 0 aromatic carbocycles. The van der Waals surface area contributed by atoms with Gasteiger partial charge in [0.2, 0.25) is 11.7 Å². The number of ether oxygens (including phenoxy) is 1. The quantitative estimate of drug-likeness (QED) is 0.333. The summed E-state index contributed by atoms with van der Waals surface area (Å²) in [5.41, 5.74) is -2.13. The van der Waals surface area contributed by atoms with Gasteiger partial charge in [-0.15, -0.1) is 0 Å². The van der Waals surface area contributed by atoms with Gasteiger partial charge < -0.3 is 20.3 Å². The van der Waals surface area contributed by atoms with Crippen molar-refractivity contribution in [3.8, 4) is 0 Å². The highest BCUT2D eigenvalue weighted by Gasteiger charge is 2.68. The van der Waals surface area contributed by atoms with E-state index in [9.17, 15) is 39.0 Å². The minimum absolute atomic E-state index is 0.00446. The summed E-state index contributed by atoms with van der Waals surface area (Å²) >= 11 is 0. The zero-order valence-corrected chi connectivity index (χ0v) is 24.5. The number of Topliss-reactive ketones (excluding diaryl/α,β-unsaturated/α-hetero) is 2. The Bertz CT molecular complexity index is 1170. The topological polar surface area (TPSA) is 164 Å². The number of hydrogen-bond donors (Lipinski definition) is 3. The van der Waals surface area contributed by atoms with Gasteiger partial charge in [-0.25, -0.2) is 4.79 Å². The molecule has 3 fully saturated rings. The molecule has 0 unspecified atom stereocenters. The van der Waals surface area contributed by atoms with Gasteiger partial charge in [0.25, 0.3) is 0 Å². The predicted molar refractivity (Wildman–Crippen MR) is 146 cm³/mol. The normalized spacial score (nSPS) is 35.1. The number of carbonyl (C=O) groups is 6. The molecule has 4 aliphatic rings. The average Bonchev–Trinajstić information content (AvgIpc) is 3.16. The van der Waals surface area contributed by atoms with Crippen LogP contribution in [0.2, 0.25) is 0 Å². The number of nitrogens with one attached hydrogen (secondary N) is 1. The summed E-state index contributed by atoms with van der Waals surface area (Å²) in [5.74, 6) is -3.34. The summed E-state index contributed by atoms with van der Waals surface area (Å²) in [4.78, 5) is 75.0. The van der Waals surface area contributed by atoms with Crippen LogP contribution in [0.5, 0.6) is 0 Å². The highest BCUT2D eigenvalue weighted by atomic mass is 16.5. The number of carboxylic acids is 1. The second-order valence-corrected chi connectivity index (χ2v) is 13.5. The Hall–Kier alpha value is -2.88. The van der Waals surface area contributed by atoms with Crippen molar-refractivity contribution in [2.24, 2.45) is 34.5 Å². The largest absolute Gasteiger partial charge is 0.480 e. The van der Waals surface area contributed by atoms with E-state index in [1.165, 1.54) is 0 Å². The second-order valence-electron chi connectivity index (χ2n) is 13.5. The van der Waals surface area contributed by atoms with E-state index < -0.39 is 47.3 Å². The Morgan fingerprint density at radius 2 is 1.78 bits per heavy atom. The van der Waals surface area contributed by atoms with E-state index in [4.69, 9.17) is 4.74 Å². The molecule has 4 aliphatic carbocycles. The van der Waals surface area contributed by atoms with Crippen molar-refractivity contribution in [1.29, 1.82) is 0 Å². The van der Waals surface area contributed by atoms with E-state index in [1.807, 2.05) is 13.8 Å². The van der Waals surface area contributed by atoms with Crippen LogP contribution in [0.25, 0.3) is 0 Å². The first-order valence-corrected chi connectivity index (χ1v) is 14.8.